The van der Waals surface area contributed by atoms with Crippen LogP contribution in [0.25, 0.3) is 0 Å². The molecule has 0 saturated carbocycles. The number of ether oxygens (including phenoxy) is 1. The van der Waals surface area contributed by atoms with Crippen molar-refractivity contribution in [3.05, 3.63) is 78.6 Å². The van der Waals surface area contributed by atoms with Crippen LogP contribution in [0.1, 0.15) is 71.3 Å². The van der Waals surface area contributed by atoms with Crippen molar-refractivity contribution in [2.45, 2.75) is 57.8 Å². The zero-order valence-corrected chi connectivity index (χ0v) is 21.2. The van der Waals surface area contributed by atoms with E-state index in [0.29, 0.717) is 46.7 Å². The minimum Gasteiger partial charge on any atom is -0.462 e. The molecule has 0 unspecified atom stereocenters. The van der Waals surface area contributed by atoms with Crippen molar-refractivity contribution in [2.75, 3.05) is 11.5 Å². The Morgan fingerprint density at radius 2 is 1.95 bits per heavy atom. The molecule has 1 atom stereocenters. The third-order valence-electron chi connectivity index (χ3n) is 7.19. The number of allylic oxidation sites excluding steroid dienone is 3. The Bertz CT molecular complexity index is 1410. The molecule has 37 heavy (non-hydrogen) atoms. The minimum absolute atomic E-state index is 0.0796. The largest absolute Gasteiger partial charge is 0.462 e. The van der Waals surface area contributed by atoms with Gasteiger partial charge in [0, 0.05) is 34.7 Å². The summed E-state index contributed by atoms with van der Waals surface area (Å²) in [6, 6.07) is 8.09. The molecule has 0 radical (unpaired) electrons. The summed E-state index contributed by atoms with van der Waals surface area (Å²) < 4.78 is 5.43. The molecule has 0 spiro atoms. The third-order valence-corrected chi connectivity index (χ3v) is 8.46. The maximum absolute atomic E-state index is 13.4. The predicted octanol–water partition coefficient (Wildman–Crippen LogP) is 5.02. The molecule has 2 N–H and O–H groups in total. The maximum Gasteiger partial charge on any atom is 0.341 e. The van der Waals surface area contributed by atoms with E-state index < -0.39 is 16.8 Å². The van der Waals surface area contributed by atoms with E-state index in [1.54, 1.807) is 24.0 Å². The standard InChI is InChI=1S/C27H26N4O5S/c1-2-36-27(33)23-17-6-3-4-9-21(17)37-26(23)30-19-7-5-8-20(32)24(19)22(18(14-28)25(30)29)15-10-12-16(13-11-15)31(34)35/h10-13,22H,2-9,29H2,1H3/t22-/m1/s1. The molecule has 3 aliphatic rings. The van der Waals surface area contributed by atoms with Crippen LogP contribution in [0, 0.1) is 21.4 Å². The van der Waals surface area contributed by atoms with Crippen LogP contribution >= 0.6 is 11.3 Å². The van der Waals surface area contributed by atoms with E-state index in [-0.39, 0.29) is 29.5 Å². The lowest BCUT2D eigenvalue weighted by Gasteiger charge is -2.39. The molecule has 1 aromatic heterocycles. The lowest BCUT2D eigenvalue weighted by atomic mass is 9.75. The molecular formula is C27H26N4O5S. The molecule has 1 aromatic carbocycles. The van der Waals surface area contributed by atoms with Crippen molar-refractivity contribution in [1.82, 2.24) is 0 Å². The molecule has 0 saturated heterocycles. The highest BCUT2D eigenvalue weighted by atomic mass is 32.1. The van der Waals surface area contributed by atoms with Crippen LogP contribution in [0.2, 0.25) is 0 Å². The third kappa shape index (κ3) is 4.09. The Kier molecular flexibility index (Phi) is 6.56. The smallest absolute Gasteiger partial charge is 0.341 e. The van der Waals surface area contributed by atoms with Crippen molar-refractivity contribution in [1.29, 1.82) is 5.26 Å². The lowest BCUT2D eigenvalue weighted by molar-refractivity contribution is -0.384. The molecular weight excluding hydrogens is 492 g/mol. The highest BCUT2D eigenvalue weighted by Crippen LogP contribution is 2.50. The van der Waals surface area contributed by atoms with Crippen LogP contribution in [-0.4, -0.2) is 23.3 Å². The van der Waals surface area contributed by atoms with Gasteiger partial charge in [-0.25, -0.2) is 4.79 Å². The Hall–Kier alpha value is -3.97. The van der Waals surface area contributed by atoms with E-state index in [0.717, 1.165) is 36.1 Å². The number of nitrogens with zero attached hydrogens (tertiary/aromatic N) is 3. The number of Topliss-reactive ketones (excluding diaryl/α,β-unsaturated/α-hetero) is 1. The lowest BCUT2D eigenvalue weighted by Crippen LogP contribution is -2.39. The van der Waals surface area contributed by atoms with Gasteiger partial charge in [-0.1, -0.05) is 12.1 Å². The monoisotopic (exact) mass is 518 g/mol. The fourth-order valence-electron chi connectivity index (χ4n) is 5.56. The van der Waals surface area contributed by atoms with Crippen LogP contribution < -0.4 is 10.6 Å². The summed E-state index contributed by atoms with van der Waals surface area (Å²) in [5.74, 6) is -1.08. The van der Waals surface area contributed by atoms with Crippen LogP contribution in [0.5, 0.6) is 0 Å². The fourth-order valence-corrected chi connectivity index (χ4v) is 6.98. The topological polar surface area (TPSA) is 140 Å². The van der Waals surface area contributed by atoms with Gasteiger partial charge in [0.1, 0.15) is 10.8 Å². The van der Waals surface area contributed by atoms with Gasteiger partial charge in [0.05, 0.1) is 34.7 Å². The van der Waals surface area contributed by atoms with Gasteiger partial charge in [-0.15, -0.1) is 11.3 Å². The van der Waals surface area contributed by atoms with Gasteiger partial charge in [-0.3, -0.25) is 19.8 Å². The molecule has 2 heterocycles. The molecule has 5 rings (SSSR count). The fraction of sp³-hybridized carbons (Fsp3) is 0.370. The number of nitriles is 1. The highest BCUT2D eigenvalue weighted by molar-refractivity contribution is 7.16. The first-order valence-electron chi connectivity index (χ1n) is 12.4. The summed E-state index contributed by atoms with van der Waals surface area (Å²) in [5, 5.41) is 22.0. The van der Waals surface area contributed by atoms with Crippen molar-refractivity contribution < 1.29 is 19.2 Å². The highest BCUT2D eigenvalue weighted by Gasteiger charge is 2.42. The number of carbonyl (C=O) groups excluding carboxylic acids is 2. The van der Waals surface area contributed by atoms with E-state index in [1.165, 1.54) is 23.5 Å². The first-order chi connectivity index (χ1) is 17.9. The number of hydrogen-bond donors (Lipinski definition) is 1. The molecule has 190 valence electrons. The minimum atomic E-state index is -0.731. The molecule has 2 aromatic rings. The number of thiophene rings is 1. The summed E-state index contributed by atoms with van der Waals surface area (Å²) in [6.45, 7) is 1.99. The summed E-state index contributed by atoms with van der Waals surface area (Å²) in [6.07, 6.45) is 5.12. The van der Waals surface area contributed by atoms with E-state index in [2.05, 4.69) is 6.07 Å². The summed E-state index contributed by atoms with van der Waals surface area (Å²) in [5.41, 5.74) is 9.99. The number of nitrogens with two attached hydrogens (primary N) is 1. The molecule has 0 bridgehead atoms. The number of non-ortho nitro benzene ring substituents is 1. The van der Waals surface area contributed by atoms with Gasteiger partial charge >= 0.3 is 5.97 Å². The van der Waals surface area contributed by atoms with Crippen LogP contribution in [0.4, 0.5) is 10.7 Å². The van der Waals surface area contributed by atoms with Gasteiger partial charge in [0.2, 0.25) is 0 Å². The van der Waals surface area contributed by atoms with Crippen molar-refractivity contribution in [3.8, 4) is 6.07 Å². The van der Waals surface area contributed by atoms with Crippen molar-refractivity contribution in [3.63, 3.8) is 0 Å². The van der Waals surface area contributed by atoms with Crippen molar-refractivity contribution in [2.24, 2.45) is 5.73 Å². The second kappa shape index (κ2) is 9.82. The van der Waals surface area contributed by atoms with E-state index >= 15 is 0 Å². The van der Waals surface area contributed by atoms with Gasteiger partial charge in [-0.05, 0) is 56.6 Å². The number of hydrogen-bond acceptors (Lipinski definition) is 9. The number of nitro groups is 1. The number of nitro benzene ring substituents is 1. The summed E-state index contributed by atoms with van der Waals surface area (Å²) >= 11 is 1.48. The number of benzene rings is 1. The molecule has 0 amide bonds. The van der Waals surface area contributed by atoms with E-state index in [9.17, 15) is 25.0 Å². The van der Waals surface area contributed by atoms with Crippen molar-refractivity contribution >= 4 is 33.8 Å². The Morgan fingerprint density at radius 1 is 1.22 bits per heavy atom. The maximum atomic E-state index is 13.4. The normalized spacial score (nSPS) is 19.3. The van der Waals surface area contributed by atoms with Crippen LogP contribution in [0.3, 0.4) is 0 Å². The van der Waals surface area contributed by atoms with E-state index in [1.807, 2.05) is 0 Å². The van der Waals surface area contributed by atoms with Crippen LogP contribution in [-0.2, 0) is 22.4 Å². The first-order valence-corrected chi connectivity index (χ1v) is 13.2. The molecule has 0 fully saturated rings. The zero-order valence-electron chi connectivity index (χ0n) is 20.4. The number of rotatable bonds is 5. The van der Waals surface area contributed by atoms with E-state index in [4.69, 9.17) is 10.5 Å². The number of fused-ring (bicyclic) bond motifs is 1. The number of ketones is 1. The van der Waals surface area contributed by atoms with Gasteiger partial charge in [0.25, 0.3) is 5.69 Å². The van der Waals surface area contributed by atoms with Crippen LogP contribution in [0.15, 0.2) is 46.9 Å². The molecule has 1 aliphatic heterocycles. The average molecular weight is 519 g/mol. The molecule has 9 nitrogen and oxygen atoms in total. The number of carbonyl (C=O) groups is 2. The van der Waals surface area contributed by atoms with Gasteiger partial charge < -0.3 is 10.5 Å². The molecule has 2 aliphatic carbocycles. The zero-order chi connectivity index (χ0) is 26.3. The van der Waals surface area contributed by atoms with Gasteiger partial charge in [-0.2, -0.15) is 5.26 Å². The molecule has 10 heteroatoms. The first kappa shape index (κ1) is 24.7. The second-order valence-corrected chi connectivity index (χ2v) is 10.4. The average Bonchev–Trinajstić information content (AvgIpc) is 3.27. The Labute approximate surface area is 218 Å². The Balaban J connectivity index is 1.73. The quantitative estimate of drug-likeness (QED) is 0.331. The number of anilines is 1. The number of esters is 1. The summed E-state index contributed by atoms with van der Waals surface area (Å²) in [4.78, 5) is 40.1. The predicted molar refractivity (Wildman–Crippen MR) is 138 cm³/mol. The SMILES string of the molecule is CCOC(=O)c1c(N2C(N)=C(C#N)[C@@H](c3ccc([N+](=O)[O-])cc3)C3=C2CCCC3=O)sc2c1CCCC2. The Morgan fingerprint density at radius 3 is 2.62 bits per heavy atom. The van der Waals surface area contributed by atoms with Gasteiger partial charge in [0.15, 0.2) is 5.78 Å². The second-order valence-electron chi connectivity index (χ2n) is 9.28. The number of aryl methyl sites for hydroxylation is 1. The summed E-state index contributed by atoms with van der Waals surface area (Å²) in [7, 11) is 0.